The summed E-state index contributed by atoms with van der Waals surface area (Å²) in [4.78, 5) is 12.1. The van der Waals surface area contributed by atoms with Crippen molar-refractivity contribution in [2.24, 2.45) is 11.1 Å². The standard InChI is InChI=1S/C16H26N2O2/c1-16(2,3)14(9-10-19)18-15(20)11-13(17)12-7-5-4-6-8-12/h4-8,13-14,19H,9-11,17H2,1-3H3,(H,18,20). The zero-order valence-electron chi connectivity index (χ0n) is 12.6. The number of hydrogen-bond acceptors (Lipinski definition) is 3. The van der Waals surface area contributed by atoms with Crippen molar-refractivity contribution >= 4 is 5.91 Å². The molecule has 4 nitrogen and oxygen atoms in total. The number of hydrogen-bond donors (Lipinski definition) is 3. The van der Waals surface area contributed by atoms with Gasteiger partial charge in [0.05, 0.1) is 0 Å². The third kappa shape index (κ3) is 5.31. The van der Waals surface area contributed by atoms with E-state index in [1.807, 2.05) is 51.1 Å². The molecule has 1 aromatic carbocycles. The van der Waals surface area contributed by atoms with Crippen LogP contribution in [0.4, 0.5) is 0 Å². The van der Waals surface area contributed by atoms with Gasteiger partial charge < -0.3 is 16.2 Å². The van der Waals surface area contributed by atoms with E-state index in [0.717, 1.165) is 5.56 Å². The lowest BCUT2D eigenvalue weighted by atomic mass is 9.84. The van der Waals surface area contributed by atoms with Crippen molar-refractivity contribution in [1.82, 2.24) is 5.32 Å². The Bertz CT molecular complexity index is 412. The Morgan fingerprint density at radius 2 is 1.90 bits per heavy atom. The van der Waals surface area contributed by atoms with Gasteiger partial charge in [-0.3, -0.25) is 4.79 Å². The molecule has 4 heteroatoms. The molecule has 4 N–H and O–H groups in total. The molecular weight excluding hydrogens is 252 g/mol. The Labute approximate surface area is 121 Å². The molecule has 0 heterocycles. The molecule has 2 atom stereocenters. The molecule has 1 aromatic rings. The van der Waals surface area contributed by atoms with Crippen LogP contribution < -0.4 is 11.1 Å². The Hall–Kier alpha value is -1.39. The van der Waals surface area contributed by atoms with Crippen LogP contribution in [0.2, 0.25) is 0 Å². The van der Waals surface area contributed by atoms with Gasteiger partial charge in [-0.25, -0.2) is 0 Å². The molecule has 112 valence electrons. The van der Waals surface area contributed by atoms with E-state index in [-0.39, 0.29) is 36.4 Å². The first kappa shape index (κ1) is 16.7. The van der Waals surface area contributed by atoms with Crippen molar-refractivity contribution in [2.75, 3.05) is 6.61 Å². The van der Waals surface area contributed by atoms with Gasteiger partial charge in [-0.05, 0) is 17.4 Å². The average molecular weight is 278 g/mol. The zero-order valence-corrected chi connectivity index (χ0v) is 12.6. The van der Waals surface area contributed by atoms with E-state index in [0.29, 0.717) is 6.42 Å². The van der Waals surface area contributed by atoms with Gasteiger partial charge in [0.1, 0.15) is 0 Å². The van der Waals surface area contributed by atoms with Crippen LogP contribution in [0.5, 0.6) is 0 Å². The lowest BCUT2D eigenvalue weighted by molar-refractivity contribution is -0.123. The zero-order chi connectivity index (χ0) is 15.2. The third-order valence-electron chi connectivity index (χ3n) is 3.43. The van der Waals surface area contributed by atoms with E-state index in [2.05, 4.69) is 5.32 Å². The van der Waals surface area contributed by atoms with Gasteiger partial charge >= 0.3 is 0 Å². The van der Waals surface area contributed by atoms with Crippen LogP contribution in [0.3, 0.4) is 0 Å². The van der Waals surface area contributed by atoms with Gasteiger partial charge in [0.25, 0.3) is 0 Å². The van der Waals surface area contributed by atoms with Crippen molar-refractivity contribution < 1.29 is 9.90 Å². The molecule has 1 rings (SSSR count). The summed E-state index contributed by atoms with van der Waals surface area (Å²) in [6, 6.07) is 9.24. The van der Waals surface area contributed by atoms with Gasteiger partial charge in [-0.15, -0.1) is 0 Å². The number of carbonyl (C=O) groups excluding carboxylic acids is 1. The minimum atomic E-state index is -0.300. The predicted octanol–water partition coefficient (Wildman–Crippen LogP) is 1.99. The second-order valence-corrected chi connectivity index (χ2v) is 6.22. The molecular formula is C16H26N2O2. The first-order chi connectivity index (χ1) is 9.34. The molecule has 0 aromatic heterocycles. The fraction of sp³-hybridized carbons (Fsp3) is 0.562. The number of nitrogens with one attached hydrogen (secondary N) is 1. The fourth-order valence-corrected chi connectivity index (χ4v) is 2.12. The maximum Gasteiger partial charge on any atom is 0.222 e. The number of nitrogens with two attached hydrogens (primary N) is 1. The number of amides is 1. The van der Waals surface area contributed by atoms with Crippen LogP contribution in [0.15, 0.2) is 30.3 Å². The molecule has 20 heavy (non-hydrogen) atoms. The largest absolute Gasteiger partial charge is 0.396 e. The Morgan fingerprint density at radius 1 is 1.30 bits per heavy atom. The summed E-state index contributed by atoms with van der Waals surface area (Å²) in [6.07, 6.45) is 0.803. The highest BCUT2D eigenvalue weighted by atomic mass is 16.3. The summed E-state index contributed by atoms with van der Waals surface area (Å²) in [7, 11) is 0. The second-order valence-electron chi connectivity index (χ2n) is 6.22. The van der Waals surface area contributed by atoms with Gasteiger partial charge in [0.2, 0.25) is 5.91 Å². The number of aliphatic hydroxyl groups is 1. The molecule has 0 fully saturated rings. The van der Waals surface area contributed by atoms with Crippen molar-refractivity contribution in [2.45, 2.75) is 45.7 Å². The van der Waals surface area contributed by atoms with Crippen molar-refractivity contribution in [1.29, 1.82) is 0 Å². The van der Waals surface area contributed by atoms with Crippen LogP contribution in [0.25, 0.3) is 0 Å². The predicted molar refractivity (Wildman–Crippen MR) is 81.1 cm³/mol. The monoisotopic (exact) mass is 278 g/mol. The Kier molecular flexibility index (Phi) is 6.17. The molecule has 0 aliphatic heterocycles. The fourth-order valence-electron chi connectivity index (χ4n) is 2.12. The molecule has 2 unspecified atom stereocenters. The maximum atomic E-state index is 12.1. The lowest BCUT2D eigenvalue weighted by Crippen LogP contribution is -2.45. The third-order valence-corrected chi connectivity index (χ3v) is 3.43. The Balaban J connectivity index is 2.58. The van der Waals surface area contributed by atoms with Gasteiger partial charge in [-0.1, -0.05) is 51.1 Å². The van der Waals surface area contributed by atoms with Gasteiger partial charge in [0.15, 0.2) is 0 Å². The van der Waals surface area contributed by atoms with Crippen LogP contribution in [-0.4, -0.2) is 23.7 Å². The first-order valence-corrected chi connectivity index (χ1v) is 7.05. The van der Waals surface area contributed by atoms with Crippen molar-refractivity contribution in [3.05, 3.63) is 35.9 Å². The van der Waals surface area contributed by atoms with Crippen LogP contribution in [-0.2, 0) is 4.79 Å². The summed E-state index contributed by atoms with van der Waals surface area (Å²) in [5.41, 5.74) is 6.91. The number of aliphatic hydroxyl groups excluding tert-OH is 1. The molecule has 0 saturated carbocycles. The van der Waals surface area contributed by atoms with Gasteiger partial charge in [-0.2, -0.15) is 0 Å². The molecule has 0 aliphatic rings. The minimum Gasteiger partial charge on any atom is -0.396 e. The number of carbonyl (C=O) groups is 1. The number of benzene rings is 1. The summed E-state index contributed by atoms with van der Waals surface area (Å²) in [5, 5.41) is 12.1. The second kappa shape index (κ2) is 7.41. The van der Waals surface area contributed by atoms with Crippen LogP contribution in [0.1, 0.15) is 45.2 Å². The molecule has 0 aliphatic carbocycles. The molecule has 0 spiro atoms. The smallest absolute Gasteiger partial charge is 0.222 e. The number of rotatable bonds is 6. The lowest BCUT2D eigenvalue weighted by Gasteiger charge is -2.31. The van der Waals surface area contributed by atoms with E-state index >= 15 is 0 Å². The summed E-state index contributed by atoms with van der Waals surface area (Å²) in [5.74, 6) is -0.0743. The van der Waals surface area contributed by atoms with Crippen LogP contribution in [0, 0.1) is 5.41 Å². The quantitative estimate of drug-likeness (QED) is 0.745. The molecule has 1 amide bonds. The topological polar surface area (TPSA) is 75.3 Å². The Morgan fingerprint density at radius 3 is 2.40 bits per heavy atom. The minimum absolute atomic E-state index is 0.0528. The normalized spacial score (nSPS) is 14.7. The SMILES string of the molecule is CC(C)(C)C(CCO)NC(=O)CC(N)c1ccccc1. The highest BCUT2D eigenvalue weighted by Gasteiger charge is 2.26. The molecule has 0 bridgehead atoms. The summed E-state index contributed by atoms with van der Waals surface area (Å²) in [6.45, 7) is 6.20. The highest BCUT2D eigenvalue weighted by Crippen LogP contribution is 2.22. The van der Waals surface area contributed by atoms with Gasteiger partial charge in [0, 0.05) is 25.1 Å². The van der Waals surface area contributed by atoms with E-state index in [1.54, 1.807) is 0 Å². The summed E-state index contributed by atoms with van der Waals surface area (Å²) < 4.78 is 0. The van der Waals surface area contributed by atoms with Crippen LogP contribution >= 0.6 is 0 Å². The van der Waals surface area contributed by atoms with E-state index in [4.69, 9.17) is 10.8 Å². The van der Waals surface area contributed by atoms with E-state index < -0.39 is 0 Å². The highest BCUT2D eigenvalue weighted by molar-refractivity contribution is 5.77. The first-order valence-electron chi connectivity index (χ1n) is 7.05. The molecule has 0 radical (unpaired) electrons. The van der Waals surface area contributed by atoms with E-state index in [9.17, 15) is 4.79 Å². The van der Waals surface area contributed by atoms with E-state index in [1.165, 1.54) is 0 Å². The molecule has 0 saturated heterocycles. The maximum absolute atomic E-state index is 12.1. The van der Waals surface area contributed by atoms with Crippen molar-refractivity contribution in [3.63, 3.8) is 0 Å². The average Bonchev–Trinajstić information content (AvgIpc) is 2.38. The summed E-state index contributed by atoms with van der Waals surface area (Å²) >= 11 is 0. The van der Waals surface area contributed by atoms with Crippen molar-refractivity contribution in [3.8, 4) is 0 Å².